The highest BCUT2D eigenvalue weighted by atomic mass is 35.5. The smallest absolute Gasteiger partial charge is 0.446 e. The molecule has 14 heteroatoms. The van der Waals surface area contributed by atoms with Crippen LogP contribution >= 0.6 is 11.6 Å². The lowest BCUT2D eigenvalue weighted by molar-refractivity contribution is 0.261. The fourth-order valence-electron chi connectivity index (χ4n) is 2.71. The van der Waals surface area contributed by atoms with Gasteiger partial charge in [-0.05, 0) is 28.5 Å². The molecule has 160 valence electrons. The Morgan fingerprint density at radius 3 is 2.74 bits per heavy atom. The van der Waals surface area contributed by atoms with Crippen molar-refractivity contribution >= 4 is 17.3 Å². The molecule has 4 aromatic rings. The van der Waals surface area contributed by atoms with Crippen LogP contribution in [-0.4, -0.2) is 40.3 Å². The molecule has 0 radical (unpaired) electrons. The first-order valence-electron chi connectivity index (χ1n) is 8.53. The molecule has 1 N–H and O–H groups in total. The van der Waals surface area contributed by atoms with Crippen molar-refractivity contribution in [3.05, 3.63) is 60.0 Å². The van der Waals surface area contributed by atoms with E-state index in [1.165, 1.54) is 19.2 Å². The zero-order chi connectivity index (χ0) is 22.1. The van der Waals surface area contributed by atoms with Crippen LogP contribution in [0.25, 0.3) is 17.2 Å². The molecule has 0 aliphatic rings. The zero-order valence-corrected chi connectivity index (χ0v) is 16.3. The van der Waals surface area contributed by atoms with Crippen LogP contribution in [0.4, 0.5) is 10.1 Å². The number of methoxy groups -OCH3 is 1. The molecule has 0 aliphatic carbocycles. The van der Waals surface area contributed by atoms with E-state index in [1.54, 1.807) is 0 Å². The Bertz CT molecular complexity index is 1380. The molecule has 0 aliphatic heterocycles. The minimum Gasteiger partial charge on any atom is -0.491 e. The van der Waals surface area contributed by atoms with Gasteiger partial charge in [-0.2, -0.15) is 0 Å². The predicted octanol–water partition coefficient (Wildman–Crippen LogP) is 0.763. The van der Waals surface area contributed by atoms with E-state index in [1.807, 2.05) is 0 Å². The zero-order valence-electron chi connectivity index (χ0n) is 15.5. The lowest BCUT2D eigenvalue weighted by Crippen LogP contribution is -2.36. The number of ether oxygens (including phenoxy) is 2. The summed E-state index contributed by atoms with van der Waals surface area (Å²) in [4.78, 5) is 34.9. The average molecular weight is 452 g/mol. The Morgan fingerprint density at radius 1 is 1.19 bits per heavy atom. The van der Waals surface area contributed by atoms with Gasteiger partial charge in [-0.1, -0.05) is 16.8 Å². The van der Waals surface area contributed by atoms with Gasteiger partial charge in [-0.3, -0.25) is 14.1 Å². The molecule has 4 rings (SSSR count). The van der Waals surface area contributed by atoms with Crippen LogP contribution in [0.3, 0.4) is 0 Å². The van der Waals surface area contributed by atoms with Crippen molar-refractivity contribution in [2.75, 3.05) is 25.6 Å². The first-order chi connectivity index (χ1) is 14.9. The maximum absolute atomic E-state index is 13.5. The summed E-state index contributed by atoms with van der Waals surface area (Å²) in [5, 5.41) is 13.4. The summed E-state index contributed by atoms with van der Waals surface area (Å²) in [6, 6.07) is 3.56. The van der Waals surface area contributed by atoms with Crippen molar-refractivity contribution < 1.29 is 23.0 Å². The second-order valence-corrected chi connectivity index (χ2v) is 6.37. The molecule has 0 atom stereocenters. The molecule has 12 nitrogen and oxygen atoms in total. The summed E-state index contributed by atoms with van der Waals surface area (Å²) in [5.41, 5.74) is -1.26. The molecule has 2 aromatic heterocycles. The number of rotatable bonds is 8. The van der Waals surface area contributed by atoms with Gasteiger partial charge < -0.3 is 14.8 Å². The molecular formula is C17H11ClFN5O7. The second-order valence-electron chi connectivity index (χ2n) is 5.97. The van der Waals surface area contributed by atoms with Gasteiger partial charge in [-0.15, -0.1) is 0 Å². The Labute approximate surface area is 175 Å². The first kappa shape index (κ1) is 20.3. The van der Waals surface area contributed by atoms with Gasteiger partial charge in [0.15, 0.2) is 5.75 Å². The molecule has 0 bridgehead atoms. The summed E-state index contributed by atoms with van der Waals surface area (Å²) in [6.45, 7) is 0.0698. The van der Waals surface area contributed by atoms with Crippen LogP contribution in [0.5, 0.6) is 11.6 Å². The number of anilines is 1. The van der Waals surface area contributed by atoms with E-state index >= 15 is 0 Å². The third-order valence-corrected chi connectivity index (χ3v) is 4.44. The number of benzene rings is 1. The van der Waals surface area contributed by atoms with Gasteiger partial charge >= 0.3 is 5.76 Å². The lowest BCUT2D eigenvalue weighted by Gasteiger charge is -2.11. The van der Waals surface area contributed by atoms with Crippen molar-refractivity contribution in [3.8, 4) is 28.8 Å². The largest absolute Gasteiger partial charge is 0.491 e. The van der Waals surface area contributed by atoms with Crippen molar-refractivity contribution in [2.24, 2.45) is 0 Å². The highest BCUT2D eigenvalue weighted by Gasteiger charge is 2.25. The maximum atomic E-state index is 13.5. The monoisotopic (exact) mass is 451 g/mol. The summed E-state index contributed by atoms with van der Waals surface area (Å²) in [6.07, 6.45) is 0. The number of hydrogen-bond donors (Lipinski definition) is 1. The number of halogens is 2. The normalized spacial score (nSPS) is 11.1. The van der Waals surface area contributed by atoms with E-state index in [0.717, 1.165) is 10.6 Å². The van der Waals surface area contributed by atoms with E-state index < -0.39 is 22.4 Å². The van der Waals surface area contributed by atoms with Gasteiger partial charge in [0.1, 0.15) is 18.1 Å². The lowest BCUT2D eigenvalue weighted by atomic mass is 10.2. The standard InChI is InChI=1S/C17H11ClFN5O7/c1-28-14-10(12(25)13(14)26)20-4-5-29-16-11(21-31-23-16)15-22-30-17(27)24(15)7-2-3-9(19)8(18)6-7/h2-3,6,20H,4-5H2,1H3. The summed E-state index contributed by atoms with van der Waals surface area (Å²) >= 11 is 5.78. The number of nitrogens with one attached hydrogen (secondary N) is 1. The first-order valence-corrected chi connectivity index (χ1v) is 8.91. The highest BCUT2D eigenvalue weighted by molar-refractivity contribution is 6.30. The minimum atomic E-state index is -0.888. The van der Waals surface area contributed by atoms with E-state index in [2.05, 4.69) is 29.9 Å². The SMILES string of the molecule is COc1c(NCCOc2nonc2-c2noc(=O)n2-c2ccc(F)c(Cl)c2)c(=O)c1=O. The van der Waals surface area contributed by atoms with Crippen molar-refractivity contribution in [2.45, 2.75) is 0 Å². The van der Waals surface area contributed by atoms with Crippen LogP contribution in [0.2, 0.25) is 5.02 Å². The molecule has 31 heavy (non-hydrogen) atoms. The van der Waals surface area contributed by atoms with E-state index in [0.29, 0.717) is 0 Å². The van der Waals surface area contributed by atoms with Crippen LogP contribution in [0, 0.1) is 5.82 Å². The average Bonchev–Trinajstić information content (AvgIpc) is 3.37. The van der Waals surface area contributed by atoms with Crippen LogP contribution in [-0.2, 0) is 0 Å². The molecular weight excluding hydrogens is 441 g/mol. The summed E-state index contributed by atoms with van der Waals surface area (Å²) in [5.74, 6) is -1.87. The summed E-state index contributed by atoms with van der Waals surface area (Å²) in [7, 11) is 1.27. The van der Waals surface area contributed by atoms with E-state index in [4.69, 9.17) is 21.1 Å². The Kier molecular flexibility index (Phi) is 5.25. The molecule has 0 saturated heterocycles. The fraction of sp³-hybridized carbons (Fsp3) is 0.176. The van der Waals surface area contributed by atoms with E-state index in [9.17, 15) is 18.8 Å². The highest BCUT2D eigenvalue weighted by Crippen LogP contribution is 2.27. The Morgan fingerprint density at radius 2 is 2.00 bits per heavy atom. The van der Waals surface area contributed by atoms with Crippen molar-refractivity contribution in [3.63, 3.8) is 0 Å². The van der Waals surface area contributed by atoms with Crippen molar-refractivity contribution in [1.29, 1.82) is 0 Å². The minimum absolute atomic E-state index is 0.0341. The molecule has 0 unspecified atom stereocenters. The molecule has 2 aromatic carbocycles. The van der Waals surface area contributed by atoms with Crippen LogP contribution in [0.1, 0.15) is 0 Å². The Hall–Kier alpha value is -4.00. The van der Waals surface area contributed by atoms with Crippen molar-refractivity contribution in [1.82, 2.24) is 20.0 Å². The summed E-state index contributed by atoms with van der Waals surface area (Å²) < 4.78 is 34.0. The number of nitrogens with zero attached hydrogens (tertiary/aromatic N) is 4. The third-order valence-electron chi connectivity index (χ3n) is 4.15. The fourth-order valence-corrected chi connectivity index (χ4v) is 2.89. The van der Waals surface area contributed by atoms with Crippen LogP contribution < -0.4 is 31.4 Å². The van der Waals surface area contributed by atoms with Gasteiger partial charge in [-0.25, -0.2) is 18.4 Å². The van der Waals surface area contributed by atoms with Crippen LogP contribution in [0.15, 0.2) is 41.7 Å². The molecule has 0 spiro atoms. The second kappa shape index (κ2) is 8.02. The van der Waals surface area contributed by atoms with Gasteiger partial charge in [0.2, 0.25) is 11.5 Å². The number of aromatic nitrogens is 4. The van der Waals surface area contributed by atoms with Gasteiger partial charge in [0, 0.05) is 6.54 Å². The molecule has 0 fully saturated rings. The van der Waals surface area contributed by atoms with Gasteiger partial charge in [0.05, 0.1) is 17.8 Å². The quantitative estimate of drug-likeness (QED) is 0.298. The third kappa shape index (κ3) is 3.54. The Balaban J connectivity index is 1.52. The van der Waals surface area contributed by atoms with E-state index in [-0.39, 0.29) is 52.7 Å². The molecule has 0 saturated carbocycles. The number of hydrogen-bond acceptors (Lipinski definition) is 11. The van der Waals surface area contributed by atoms with Gasteiger partial charge in [0.25, 0.3) is 16.7 Å². The molecule has 2 heterocycles. The maximum Gasteiger partial charge on any atom is 0.446 e. The topological polar surface area (TPSA) is 152 Å². The predicted molar refractivity (Wildman–Crippen MR) is 102 cm³/mol. The molecule has 0 amide bonds.